The Morgan fingerprint density at radius 2 is 1.06 bits per heavy atom. The van der Waals surface area contributed by atoms with Gasteiger partial charge in [-0.25, -0.2) is 9.97 Å². The first-order chi connectivity index (χ1) is 25.3. The lowest BCUT2D eigenvalue weighted by molar-refractivity contribution is 0.769. The molecular weight excluding hydrogens is 623 g/mol. The molecule has 1 aliphatic rings. The molecule has 5 aromatic carbocycles. The lowest BCUT2D eigenvalue weighted by Crippen LogP contribution is -2.28. The normalized spacial score (nSPS) is 12.9. The highest BCUT2D eigenvalue weighted by molar-refractivity contribution is 6.10. The fourth-order valence-corrected chi connectivity index (χ4v) is 8.15. The highest BCUT2D eigenvalue weighted by Gasteiger charge is 2.46. The smallest absolute Gasteiger partial charge is 0.138 e. The molecule has 9 aromatic rings. The molecule has 0 bridgehead atoms. The van der Waals surface area contributed by atoms with E-state index in [0.29, 0.717) is 0 Å². The van der Waals surface area contributed by atoms with Crippen LogP contribution in [-0.2, 0) is 5.41 Å². The van der Waals surface area contributed by atoms with Crippen molar-refractivity contribution >= 4 is 39.3 Å². The number of hydrogen-bond donors (Lipinski definition) is 0. The summed E-state index contributed by atoms with van der Waals surface area (Å²) >= 11 is 0. The number of rotatable bonds is 6. The van der Waals surface area contributed by atoms with Crippen molar-refractivity contribution in [1.82, 2.24) is 19.5 Å². The van der Waals surface area contributed by atoms with E-state index in [1.165, 1.54) is 33.4 Å². The number of benzene rings is 5. The van der Waals surface area contributed by atoms with Crippen LogP contribution < -0.4 is 4.90 Å². The Bertz CT molecular complexity index is 2590. The van der Waals surface area contributed by atoms with Gasteiger partial charge in [0.25, 0.3) is 0 Å². The highest BCUT2D eigenvalue weighted by atomic mass is 15.2. The second-order valence-corrected chi connectivity index (χ2v) is 12.9. The second kappa shape index (κ2) is 11.6. The Morgan fingerprint density at radius 3 is 1.71 bits per heavy atom. The third kappa shape index (κ3) is 4.38. The summed E-state index contributed by atoms with van der Waals surface area (Å²) in [6.07, 6.45) is 5.52. The van der Waals surface area contributed by atoms with Gasteiger partial charge >= 0.3 is 0 Å². The molecule has 0 unspecified atom stereocenters. The van der Waals surface area contributed by atoms with Crippen LogP contribution in [0.1, 0.15) is 22.3 Å². The Labute approximate surface area is 295 Å². The van der Waals surface area contributed by atoms with Gasteiger partial charge in [-0.1, -0.05) is 97.1 Å². The minimum atomic E-state index is -0.478. The topological polar surface area (TPSA) is 46.8 Å². The summed E-state index contributed by atoms with van der Waals surface area (Å²) in [4.78, 5) is 16.4. The first-order valence-corrected chi connectivity index (χ1v) is 17.2. The molecular formula is C46H31N5. The van der Waals surface area contributed by atoms with Crippen molar-refractivity contribution in [1.29, 1.82) is 0 Å². The van der Waals surface area contributed by atoms with E-state index in [1.807, 2.05) is 61.1 Å². The maximum atomic E-state index is 5.00. The molecule has 240 valence electrons. The van der Waals surface area contributed by atoms with E-state index < -0.39 is 5.41 Å². The Balaban J connectivity index is 1.21. The van der Waals surface area contributed by atoms with Gasteiger partial charge in [-0.3, -0.25) is 9.88 Å². The van der Waals surface area contributed by atoms with Crippen molar-refractivity contribution in [2.24, 2.45) is 0 Å². The van der Waals surface area contributed by atoms with Crippen LogP contribution in [0.5, 0.6) is 0 Å². The van der Waals surface area contributed by atoms with Crippen LogP contribution in [0.2, 0.25) is 0 Å². The van der Waals surface area contributed by atoms with E-state index in [2.05, 4.69) is 147 Å². The van der Waals surface area contributed by atoms with Gasteiger partial charge in [0.05, 0.1) is 22.0 Å². The fraction of sp³-hybridized carbons (Fsp3) is 0.0217. The van der Waals surface area contributed by atoms with Gasteiger partial charge in [0.2, 0.25) is 0 Å². The molecule has 5 heteroatoms. The van der Waals surface area contributed by atoms with Gasteiger partial charge in [0.1, 0.15) is 11.6 Å². The minimum Gasteiger partial charge on any atom is -0.308 e. The van der Waals surface area contributed by atoms with Gasteiger partial charge < -0.3 is 4.57 Å². The zero-order valence-corrected chi connectivity index (χ0v) is 27.6. The quantitative estimate of drug-likeness (QED) is 0.179. The van der Waals surface area contributed by atoms with E-state index in [9.17, 15) is 0 Å². The number of aromatic nitrogens is 4. The molecule has 10 rings (SSSR count). The van der Waals surface area contributed by atoms with E-state index in [0.717, 1.165) is 44.9 Å². The molecule has 4 heterocycles. The summed E-state index contributed by atoms with van der Waals surface area (Å²) in [5.74, 6) is 1.61. The van der Waals surface area contributed by atoms with Crippen LogP contribution in [0.4, 0.5) is 17.3 Å². The Hall–Kier alpha value is -6.85. The zero-order valence-electron chi connectivity index (χ0n) is 27.6. The molecule has 0 fully saturated rings. The van der Waals surface area contributed by atoms with Crippen molar-refractivity contribution in [3.63, 3.8) is 0 Å². The van der Waals surface area contributed by atoms with Crippen molar-refractivity contribution in [2.45, 2.75) is 5.41 Å². The highest BCUT2D eigenvalue weighted by Crippen LogP contribution is 2.57. The van der Waals surface area contributed by atoms with Gasteiger partial charge in [-0.15, -0.1) is 0 Å². The third-order valence-corrected chi connectivity index (χ3v) is 10.2. The summed E-state index contributed by atoms with van der Waals surface area (Å²) in [5, 5.41) is 1.13. The molecule has 0 saturated heterocycles. The van der Waals surface area contributed by atoms with E-state index in [1.54, 1.807) is 0 Å². The van der Waals surface area contributed by atoms with Crippen LogP contribution in [0.15, 0.2) is 188 Å². The van der Waals surface area contributed by atoms with Crippen molar-refractivity contribution in [2.75, 3.05) is 4.90 Å². The largest absolute Gasteiger partial charge is 0.308 e. The SMILES string of the molecule is c1ccc(C2(c3ccccc3)c3ccccc3-c3cc4c(cc32)c2ncccc2n4-c2ccc(N(c3ccccn3)c3ccccn3)cc2)cc1. The summed E-state index contributed by atoms with van der Waals surface area (Å²) in [6.45, 7) is 0. The van der Waals surface area contributed by atoms with Crippen LogP contribution >= 0.6 is 0 Å². The molecule has 0 aliphatic heterocycles. The molecule has 0 amide bonds. The summed E-state index contributed by atoms with van der Waals surface area (Å²) in [7, 11) is 0. The van der Waals surface area contributed by atoms with Crippen molar-refractivity contribution in [3.8, 4) is 16.8 Å². The third-order valence-electron chi connectivity index (χ3n) is 10.2. The van der Waals surface area contributed by atoms with Crippen LogP contribution in [0.3, 0.4) is 0 Å². The number of fused-ring (bicyclic) bond motifs is 6. The average Bonchev–Trinajstić information content (AvgIpc) is 3.69. The fourth-order valence-electron chi connectivity index (χ4n) is 8.15. The number of hydrogen-bond acceptors (Lipinski definition) is 4. The minimum absolute atomic E-state index is 0.478. The summed E-state index contributed by atoms with van der Waals surface area (Å²) < 4.78 is 2.35. The van der Waals surface area contributed by atoms with Gasteiger partial charge in [0, 0.05) is 35.4 Å². The van der Waals surface area contributed by atoms with Crippen LogP contribution in [0.25, 0.3) is 38.8 Å². The Kier molecular flexibility index (Phi) is 6.64. The molecule has 4 aromatic heterocycles. The molecule has 5 nitrogen and oxygen atoms in total. The second-order valence-electron chi connectivity index (χ2n) is 12.9. The summed E-state index contributed by atoms with van der Waals surface area (Å²) in [5.41, 5.74) is 12.3. The van der Waals surface area contributed by atoms with Gasteiger partial charge in [-0.05, 0) is 106 Å². The van der Waals surface area contributed by atoms with Crippen LogP contribution in [0, 0.1) is 0 Å². The van der Waals surface area contributed by atoms with Gasteiger partial charge in [-0.2, -0.15) is 0 Å². The number of pyridine rings is 3. The first-order valence-electron chi connectivity index (χ1n) is 17.2. The van der Waals surface area contributed by atoms with Crippen molar-refractivity contribution in [3.05, 3.63) is 211 Å². The van der Waals surface area contributed by atoms with E-state index in [-0.39, 0.29) is 0 Å². The lowest BCUT2D eigenvalue weighted by atomic mass is 9.67. The molecule has 0 saturated carbocycles. The van der Waals surface area contributed by atoms with Gasteiger partial charge in [0.15, 0.2) is 0 Å². The molecule has 0 atom stereocenters. The predicted octanol–water partition coefficient (Wildman–Crippen LogP) is 10.8. The monoisotopic (exact) mass is 653 g/mol. The molecule has 0 spiro atoms. The molecule has 0 N–H and O–H groups in total. The zero-order chi connectivity index (χ0) is 33.8. The predicted molar refractivity (Wildman–Crippen MR) is 206 cm³/mol. The standard InChI is InChI=1S/C46H31N5/c1-3-14-32(15-4-1)46(33-16-5-2-6-17-33)39-19-8-7-18-36(39)37-31-42-38(30-40(37)46)45-41(20-13-29-49-45)50(42)34-23-25-35(26-24-34)51(43-21-9-11-27-47-43)44-22-10-12-28-48-44/h1-31H. The van der Waals surface area contributed by atoms with E-state index >= 15 is 0 Å². The lowest BCUT2D eigenvalue weighted by Gasteiger charge is -2.33. The first kappa shape index (κ1) is 29.1. The number of anilines is 3. The molecule has 1 aliphatic carbocycles. The van der Waals surface area contributed by atoms with E-state index in [4.69, 9.17) is 4.98 Å². The maximum absolute atomic E-state index is 5.00. The van der Waals surface area contributed by atoms with Crippen molar-refractivity contribution < 1.29 is 0 Å². The van der Waals surface area contributed by atoms with Crippen LogP contribution in [-0.4, -0.2) is 19.5 Å². The molecule has 0 radical (unpaired) electrons. The average molecular weight is 654 g/mol. The molecule has 51 heavy (non-hydrogen) atoms. The maximum Gasteiger partial charge on any atom is 0.138 e. The number of nitrogens with zero attached hydrogens (tertiary/aromatic N) is 5. The Morgan fingerprint density at radius 1 is 0.451 bits per heavy atom. The summed E-state index contributed by atoms with van der Waals surface area (Å²) in [6, 6.07) is 60.3.